The van der Waals surface area contributed by atoms with E-state index in [1.165, 1.54) is 6.92 Å². The van der Waals surface area contributed by atoms with Gasteiger partial charge < -0.3 is 9.47 Å². The average molecular weight is 399 g/mol. The summed E-state index contributed by atoms with van der Waals surface area (Å²) in [6.45, 7) is 2.09. The number of ether oxygens (including phenoxy) is 2. The van der Waals surface area contributed by atoms with Crippen LogP contribution in [0.5, 0.6) is 11.5 Å². The molecular weight excluding hydrogens is 387 g/mol. The number of ketones is 1. The first-order valence-corrected chi connectivity index (χ1v) is 6.87. The monoisotopic (exact) mass is 398 g/mol. The first-order valence-electron chi connectivity index (χ1n) is 4.67. The third-order valence-corrected chi connectivity index (χ3v) is 3.08. The molecule has 0 fully saturated rings. The normalized spacial score (nSPS) is 10.0. The van der Waals surface area contributed by atoms with E-state index in [0.717, 1.165) is 8.90 Å². The summed E-state index contributed by atoms with van der Waals surface area (Å²) in [5, 5.41) is 0.751. The number of Topliss-reactive ketones (excluding diaryl/α,β-unsaturated/α-hetero) is 1. The highest BCUT2D eigenvalue weighted by atomic mass is 127. The number of hydrogen-bond donors (Lipinski definition) is 0. The fraction of sp³-hybridized carbons (Fsp3) is 0.364. The van der Waals surface area contributed by atoms with Crippen LogP contribution in [0.25, 0.3) is 0 Å². The van der Waals surface area contributed by atoms with E-state index in [1.807, 2.05) is 0 Å². The van der Waals surface area contributed by atoms with E-state index in [9.17, 15) is 4.79 Å². The van der Waals surface area contributed by atoms with Crippen LogP contribution in [0.4, 0.5) is 0 Å². The summed E-state index contributed by atoms with van der Waals surface area (Å²) in [6.07, 6.45) is 0. The predicted molar refractivity (Wildman–Crippen MR) is 75.0 cm³/mol. The SMILES string of the molecule is COc1cc(C(C)=O)cc(I)c1OCCBr. The number of halogens is 2. The maximum absolute atomic E-state index is 11.3. The molecule has 0 saturated carbocycles. The molecule has 1 rings (SSSR count). The molecule has 0 amide bonds. The van der Waals surface area contributed by atoms with Gasteiger partial charge >= 0.3 is 0 Å². The molecule has 0 bridgehead atoms. The van der Waals surface area contributed by atoms with Gasteiger partial charge in [0.2, 0.25) is 0 Å². The lowest BCUT2D eigenvalue weighted by Gasteiger charge is -2.12. The molecule has 3 nitrogen and oxygen atoms in total. The molecule has 0 aliphatic carbocycles. The van der Waals surface area contributed by atoms with Crippen molar-refractivity contribution in [1.29, 1.82) is 0 Å². The van der Waals surface area contributed by atoms with Crippen molar-refractivity contribution in [3.05, 3.63) is 21.3 Å². The topological polar surface area (TPSA) is 35.5 Å². The molecule has 0 N–H and O–H groups in total. The number of carbonyl (C=O) groups excluding carboxylic acids is 1. The van der Waals surface area contributed by atoms with Gasteiger partial charge in [-0.1, -0.05) is 15.9 Å². The van der Waals surface area contributed by atoms with E-state index < -0.39 is 0 Å². The number of methoxy groups -OCH3 is 1. The second kappa shape index (κ2) is 6.44. The lowest BCUT2D eigenvalue weighted by atomic mass is 10.1. The van der Waals surface area contributed by atoms with E-state index in [2.05, 4.69) is 38.5 Å². The molecule has 1 aromatic carbocycles. The summed E-state index contributed by atoms with van der Waals surface area (Å²) < 4.78 is 11.6. The Kier molecular flexibility index (Phi) is 5.54. The van der Waals surface area contributed by atoms with Crippen LogP contribution in [-0.4, -0.2) is 24.8 Å². The molecule has 0 atom stereocenters. The Bertz CT molecular complexity index is 393. The summed E-state index contributed by atoms with van der Waals surface area (Å²) in [5.41, 5.74) is 0.632. The maximum atomic E-state index is 11.3. The Morgan fingerprint density at radius 2 is 2.19 bits per heavy atom. The van der Waals surface area contributed by atoms with Crippen LogP contribution in [0.1, 0.15) is 17.3 Å². The quantitative estimate of drug-likeness (QED) is 0.433. The average Bonchev–Trinajstić information content (AvgIpc) is 2.26. The smallest absolute Gasteiger partial charge is 0.174 e. The van der Waals surface area contributed by atoms with Crippen LogP contribution in [-0.2, 0) is 0 Å². The van der Waals surface area contributed by atoms with Gasteiger partial charge in [0.25, 0.3) is 0 Å². The molecule has 0 aromatic heterocycles. The molecule has 1 aromatic rings. The van der Waals surface area contributed by atoms with Gasteiger partial charge in [0, 0.05) is 10.9 Å². The van der Waals surface area contributed by atoms with Crippen molar-refractivity contribution in [3.8, 4) is 11.5 Å². The zero-order chi connectivity index (χ0) is 12.1. The largest absolute Gasteiger partial charge is 0.493 e. The molecule has 0 aliphatic rings. The van der Waals surface area contributed by atoms with Crippen LogP contribution in [0.15, 0.2) is 12.1 Å². The van der Waals surface area contributed by atoms with Gasteiger partial charge in [0.15, 0.2) is 17.3 Å². The van der Waals surface area contributed by atoms with E-state index in [1.54, 1.807) is 19.2 Å². The fourth-order valence-corrected chi connectivity index (χ4v) is 2.12. The minimum Gasteiger partial charge on any atom is -0.493 e. The van der Waals surface area contributed by atoms with Crippen molar-refractivity contribution in [2.45, 2.75) is 6.92 Å². The molecule has 0 unspecified atom stereocenters. The maximum Gasteiger partial charge on any atom is 0.174 e. The second-order valence-electron chi connectivity index (χ2n) is 3.08. The van der Waals surface area contributed by atoms with Crippen LogP contribution in [0.2, 0.25) is 0 Å². The van der Waals surface area contributed by atoms with Gasteiger partial charge in [0.05, 0.1) is 17.3 Å². The minimum atomic E-state index is 0.0169. The molecule has 0 aliphatic heterocycles. The lowest BCUT2D eigenvalue weighted by Crippen LogP contribution is -2.03. The van der Waals surface area contributed by atoms with Crippen molar-refractivity contribution in [3.63, 3.8) is 0 Å². The molecule has 0 saturated heterocycles. The summed E-state index contributed by atoms with van der Waals surface area (Å²) in [6, 6.07) is 3.50. The number of carbonyl (C=O) groups is 1. The lowest BCUT2D eigenvalue weighted by molar-refractivity contribution is 0.101. The Hall–Kier alpha value is -0.300. The van der Waals surface area contributed by atoms with E-state index >= 15 is 0 Å². The highest BCUT2D eigenvalue weighted by Gasteiger charge is 2.13. The minimum absolute atomic E-state index is 0.0169. The van der Waals surface area contributed by atoms with Gasteiger partial charge in [-0.3, -0.25) is 4.79 Å². The van der Waals surface area contributed by atoms with Crippen LogP contribution >= 0.6 is 38.5 Å². The van der Waals surface area contributed by atoms with Crippen molar-refractivity contribution in [2.24, 2.45) is 0 Å². The summed E-state index contributed by atoms with van der Waals surface area (Å²) in [4.78, 5) is 11.3. The zero-order valence-electron chi connectivity index (χ0n) is 9.05. The Balaban J connectivity index is 3.12. The first-order chi connectivity index (χ1) is 7.60. The van der Waals surface area contributed by atoms with Crippen molar-refractivity contribution in [1.82, 2.24) is 0 Å². The molecular formula is C11H12BrIO3. The van der Waals surface area contributed by atoms with Gasteiger partial charge in [-0.25, -0.2) is 0 Å². The van der Waals surface area contributed by atoms with Crippen LogP contribution < -0.4 is 9.47 Å². The fourth-order valence-electron chi connectivity index (χ4n) is 1.20. The van der Waals surface area contributed by atoms with E-state index in [-0.39, 0.29) is 5.78 Å². The van der Waals surface area contributed by atoms with E-state index in [0.29, 0.717) is 23.7 Å². The molecule has 0 heterocycles. The second-order valence-corrected chi connectivity index (χ2v) is 5.04. The highest BCUT2D eigenvalue weighted by Crippen LogP contribution is 2.34. The molecule has 0 radical (unpaired) electrons. The number of rotatable bonds is 5. The van der Waals surface area contributed by atoms with Gasteiger partial charge in [-0.15, -0.1) is 0 Å². The Morgan fingerprint density at radius 1 is 1.50 bits per heavy atom. The first kappa shape index (κ1) is 13.8. The van der Waals surface area contributed by atoms with Gasteiger partial charge in [0.1, 0.15) is 0 Å². The molecule has 5 heteroatoms. The summed E-state index contributed by atoms with van der Waals surface area (Å²) in [7, 11) is 1.57. The van der Waals surface area contributed by atoms with Crippen molar-refractivity contribution < 1.29 is 14.3 Å². The predicted octanol–water partition coefficient (Wildman–Crippen LogP) is 3.28. The van der Waals surface area contributed by atoms with E-state index in [4.69, 9.17) is 9.47 Å². The number of hydrogen-bond acceptors (Lipinski definition) is 3. The van der Waals surface area contributed by atoms with Crippen LogP contribution in [0, 0.1) is 3.57 Å². The van der Waals surface area contributed by atoms with Crippen molar-refractivity contribution in [2.75, 3.05) is 19.0 Å². The number of benzene rings is 1. The van der Waals surface area contributed by atoms with Crippen LogP contribution in [0.3, 0.4) is 0 Å². The van der Waals surface area contributed by atoms with Gasteiger partial charge in [-0.2, -0.15) is 0 Å². The Labute approximate surface area is 117 Å². The highest BCUT2D eigenvalue weighted by molar-refractivity contribution is 14.1. The molecule has 16 heavy (non-hydrogen) atoms. The van der Waals surface area contributed by atoms with Crippen molar-refractivity contribution >= 4 is 44.3 Å². The third kappa shape index (κ3) is 3.35. The Morgan fingerprint density at radius 3 is 2.69 bits per heavy atom. The standard InChI is InChI=1S/C11H12BrIO3/c1-7(14)8-5-9(13)11(16-4-3-12)10(6-8)15-2/h5-6H,3-4H2,1-2H3. The zero-order valence-corrected chi connectivity index (χ0v) is 12.8. The van der Waals surface area contributed by atoms with Gasteiger partial charge in [-0.05, 0) is 41.6 Å². The summed E-state index contributed by atoms with van der Waals surface area (Å²) >= 11 is 5.43. The third-order valence-electron chi connectivity index (χ3n) is 1.96. The number of alkyl halides is 1. The molecule has 0 spiro atoms. The molecule has 88 valence electrons. The summed E-state index contributed by atoms with van der Waals surface area (Å²) in [5.74, 6) is 1.30.